The summed E-state index contributed by atoms with van der Waals surface area (Å²) in [5, 5.41) is 11.4. The molecular weight excluding hydrogens is 220 g/mol. The zero-order valence-electron chi connectivity index (χ0n) is 9.64. The molecule has 0 saturated carbocycles. The van der Waals surface area contributed by atoms with Crippen LogP contribution in [0.4, 0.5) is 5.69 Å². The highest BCUT2D eigenvalue weighted by atomic mass is 16.3. The highest BCUT2D eigenvalue weighted by Crippen LogP contribution is 2.11. The molecule has 0 heterocycles. The van der Waals surface area contributed by atoms with Crippen LogP contribution in [0.15, 0.2) is 24.3 Å². The molecule has 1 unspecified atom stereocenters. The maximum absolute atomic E-state index is 11.7. The Hall–Kier alpha value is -1.72. The van der Waals surface area contributed by atoms with E-state index < -0.39 is 6.04 Å². The third-order valence-corrected chi connectivity index (χ3v) is 2.21. The number of Topliss-reactive ketones (excluding diaryl/α,β-unsaturated/α-hetero) is 1. The van der Waals surface area contributed by atoms with E-state index in [9.17, 15) is 9.59 Å². The Morgan fingerprint density at radius 1 is 1.35 bits per heavy atom. The molecule has 0 spiro atoms. The van der Waals surface area contributed by atoms with Gasteiger partial charge in [-0.25, -0.2) is 0 Å². The number of hydrogen-bond donors (Lipinski definition) is 3. The molecule has 17 heavy (non-hydrogen) atoms. The number of rotatable bonds is 5. The van der Waals surface area contributed by atoms with Gasteiger partial charge in [0.1, 0.15) is 0 Å². The van der Waals surface area contributed by atoms with E-state index in [1.807, 2.05) is 0 Å². The zero-order valence-corrected chi connectivity index (χ0v) is 9.64. The Morgan fingerprint density at radius 3 is 2.41 bits per heavy atom. The van der Waals surface area contributed by atoms with Crippen LogP contribution in [0.1, 0.15) is 23.7 Å². The summed E-state index contributed by atoms with van der Waals surface area (Å²) < 4.78 is 0. The van der Waals surface area contributed by atoms with Gasteiger partial charge in [-0.1, -0.05) is 0 Å². The van der Waals surface area contributed by atoms with Crippen molar-refractivity contribution in [2.45, 2.75) is 19.4 Å². The largest absolute Gasteiger partial charge is 0.395 e. The Bertz CT molecular complexity index is 401. The number of aliphatic hydroxyl groups excluding tert-OH is 1. The van der Waals surface area contributed by atoms with Crippen molar-refractivity contribution in [1.82, 2.24) is 0 Å². The summed E-state index contributed by atoms with van der Waals surface area (Å²) in [5.74, 6) is -0.285. The molecule has 0 radical (unpaired) electrons. The van der Waals surface area contributed by atoms with Gasteiger partial charge in [0.25, 0.3) is 0 Å². The topological polar surface area (TPSA) is 92.4 Å². The van der Waals surface area contributed by atoms with E-state index in [1.54, 1.807) is 24.3 Å². The average molecular weight is 236 g/mol. The summed E-state index contributed by atoms with van der Waals surface area (Å²) in [4.78, 5) is 22.5. The van der Waals surface area contributed by atoms with Crippen molar-refractivity contribution in [3.05, 3.63) is 29.8 Å². The van der Waals surface area contributed by atoms with E-state index in [0.717, 1.165) is 0 Å². The first-order chi connectivity index (χ1) is 8.02. The van der Waals surface area contributed by atoms with Crippen LogP contribution in [0.3, 0.4) is 0 Å². The third-order valence-electron chi connectivity index (χ3n) is 2.21. The molecule has 0 saturated heterocycles. The van der Waals surface area contributed by atoms with Crippen LogP contribution in [0.2, 0.25) is 0 Å². The van der Waals surface area contributed by atoms with Crippen molar-refractivity contribution in [3.8, 4) is 0 Å². The number of aliphatic hydroxyl groups is 1. The fraction of sp³-hybridized carbons (Fsp3) is 0.333. The maximum atomic E-state index is 11.7. The van der Waals surface area contributed by atoms with Crippen LogP contribution in [-0.2, 0) is 4.79 Å². The normalized spacial score (nSPS) is 11.9. The molecule has 5 nitrogen and oxygen atoms in total. The fourth-order valence-corrected chi connectivity index (χ4v) is 1.36. The smallest absolute Gasteiger partial charge is 0.221 e. The van der Waals surface area contributed by atoms with Crippen LogP contribution in [0.25, 0.3) is 0 Å². The SMILES string of the molecule is CC(=O)Nc1ccc(C(=O)CC(N)CO)cc1. The van der Waals surface area contributed by atoms with E-state index in [1.165, 1.54) is 6.92 Å². The second-order valence-corrected chi connectivity index (χ2v) is 3.83. The molecule has 0 bridgehead atoms. The van der Waals surface area contributed by atoms with Gasteiger partial charge in [0.05, 0.1) is 6.61 Å². The van der Waals surface area contributed by atoms with Crippen LogP contribution in [0, 0.1) is 0 Å². The maximum Gasteiger partial charge on any atom is 0.221 e. The monoisotopic (exact) mass is 236 g/mol. The lowest BCUT2D eigenvalue weighted by atomic mass is 10.0. The Labute approximate surface area is 99.6 Å². The van der Waals surface area contributed by atoms with Crippen LogP contribution in [-0.4, -0.2) is 29.4 Å². The molecule has 1 aromatic carbocycles. The summed E-state index contributed by atoms with van der Waals surface area (Å²) in [6.45, 7) is 1.20. The highest BCUT2D eigenvalue weighted by Gasteiger charge is 2.10. The quantitative estimate of drug-likeness (QED) is 0.650. The van der Waals surface area contributed by atoms with Crippen LogP contribution in [0.5, 0.6) is 0 Å². The number of amides is 1. The lowest BCUT2D eigenvalue weighted by Crippen LogP contribution is -2.27. The minimum absolute atomic E-state index is 0.107. The summed E-state index contributed by atoms with van der Waals surface area (Å²) in [6.07, 6.45) is 0.107. The number of benzene rings is 1. The minimum Gasteiger partial charge on any atom is -0.395 e. The van der Waals surface area contributed by atoms with Crippen molar-refractivity contribution >= 4 is 17.4 Å². The number of carbonyl (C=O) groups excluding carboxylic acids is 2. The molecule has 1 amide bonds. The molecule has 4 N–H and O–H groups in total. The van der Waals surface area contributed by atoms with Gasteiger partial charge in [-0.05, 0) is 24.3 Å². The molecule has 0 aliphatic heterocycles. The molecule has 1 atom stereocenters. The predicted molar refractivity (Wildman–Crippen MR) is 64.8 cm³/mol. The van der Waals surface area contributed by atoms with Crippen molar-refractivity contribution in [2.75, 3.05) is 11.9 Å². The van der Waals surface area contributed by atoms with E-state index in [-0.39, 0.29) is 24.7 Å². The van der Waals surface area contributed by atoms with Gasteiger partial charge in [0.2, 0.25) is 5.91 Å². The van der Waals surface area contributed by atoms with E-state index in [4.69, 9.17) is 10.8 Å². The second kappa shape index (κ2) is 6.12. The number of carbonyl (C=O) groups is 2. The summed E-state index contributed by atoms with van der Waals surface area (Å²) in [6, 6.07) is 6.02. The first-order valence-corrected chi connectivity index (χ1v) is 5.30. The van der Waals surface area contributed by atoms with Gasteiger partial charge in [-0.3, -0.25) is 9.59 Å². The summed E-state index contributed by atoms with van der Waals surface area (Å²) >= 11 is 0. The molecule has 0 fully saturated rings. The number of hydrogen-bond acceptors (Lipinski definition) is 4. The van der Waals surface area contributed by atoms with Gasteiger partial charge < -0.3 is 16.2 Å². The van der Waals surface area contributed by atoms with Crippen molar-refractivity contribution in [3.63, 3.8) is 0 Å². The Kier molecular flexibility index (Phi) is 4.81. The van der Waals surface area contributed by atoms with Gasteiger partial charge in [-0.2, -0.15) is 0 Å². The number of anilines is 1. The Balaban J connectivity index is 2.67. The van der Waals surface area contributed by atoms with Crippen molar-refractivity contribution in [2.24, 2.45) is 5.73 Å². The first-order valence-electron chi connectivity index (χ1n) is 5.30. The second-order valence-electron chi connectivity index (χ2n) is 3.83. The van der Waals surface area contributed by atoms with Crippen molar-refractivity contribution in [1.29, 1.82) is 0 Å². The molecule has 1 rings (SSSR count). The number of ketones is 1. The highest BCUT2D eigenvalue weighted by molar-refractivity contribution is 5.97. The number of nitrogens with one attached hydrogen (secondary N) is 1. The first kappa shape index (κ1) is 13.3. The minimum atomic E-state index is -0.530. The summed E-state index contributed by atoms with van der Waals surface area (Å²) in [5.41, 5.74) is 6.64. The van der Waals surface area contributed by atoms with E-state index >= 15 is 0 Å². The molecule has 0 aromatic heterocycles. The third kappa shape index (κ3) is 4.34. The van der Waals surface area contributed by atoms with Gasteiger partial charge in [0.15, 0.2) is 5.78 Å². The zero-order chi connectivity index (χ0) is 12.8. The molecule has 92 valence electrons. The lowest BCUT2D eigenvalue weighted by Gasteiger charge is -2.07. The average Bonchev–Trinajstić information content (AvgIpc) is 2.28. The predicted octanol–water partition coefficient (Wildman–Crippen LogP) is 0.537. The summed E-state index contributed by atoms with van der Waals surface area (Å²) in [7, 11) is 0. The molecule has 0 aliphatic carbocycles. The van der Waals surface area contributed by atoms with Gasteiger partial charge in [0, 0.05) is 30.6 Å². The molecular formula is C12H16N2O3. The fourth-order valence-electron chi connectivity index (χ4n) is 1.36. The van der Waals surface area contributed by atoms with Gasteiger partial charge >= 0.3 is 0 Å². The molecule has 0 aliphatic rings. The van der Waals surface area contributed by atoms with Crippen LogP contribution >= 0.6 is 0 Å². The number of nitrogens with two attached hydrogens (primary N) is 1. The van der Waals surface area contributed by atoms with E-state index in [2.05, 4.69) is 5.32 Å². The van der Waals surface area contributed by atoms with E-state index in [0.29, 0.717) is 11.3 Å². The standard InChI is InChI=1S/C12H16N2O3/c1-8(16)14-11-4-2-9(3-5-11)12(17)6-10(13)7-15/h2-5,10,15H,6-7,13H2,1H3,(H,14,16). The molecule has 1 aromatic rings. The van der Waals surface area contributed by atoms with Crippen LogP contribution < -0.4 is 11.1 Å². The lowest BCUT2D eigenvalue weighted by molar-refractivity contribution is -0.114. The van der Waals surface area contributed by atoms with Gasteiger partial charge in [-0.15, -0.1) is 0 Å². The Morgan fingerprint density at radius 2 is 1.94 bits per heavy atom. The molecule has 5 heteroatoms. The van der Waals surface area contributed by atoms with Crippen molar-refractivity contribution < 1.29 is 14.7 Å².